The van der Waals surface area contributed by atoms with E-state index in [0.29, 0.717) is 13.0 Å². The minimum atomic E-state index is -1.54. The van der Waals surface area contributed by atoms with E-state index in [1.807, 2.05) is 0 Å². The van der Waals surface area contributed by atoms with Gasteiger partial charge >= 0.3 is 5.97 Å². The molecule has 1 fully saturated rings. The molecule has 1 aliphatic rings. The molecular formula is C50H92O9. The molecule has 0 amide bonds. The number of rotatable bonds is 42. The summed E-state index contributed by atoms with van der Waals surface area (Å²) in [5.74, 6) is -0.321. The molecule has 1 saturated heterocycles. The minimum Gasteiger partial charge on any atom is -0.457 e. The van der Waals surface area contributed by atoms with Gasteiger partial charge in [-0.3, -0.25) is 4.79 Å². The van der Waals surface area contributed by atoms with E-state index in [2.05, 4.69) is 50.3 Å². The molecule has 6 atom stereocenters. The molecule has 1 aliphatic heterocycles. The summed E-state index contributed by atoms with van der Waals surface area (Å²) in [5.41, 5.74) is 0. The Balaban J connectivity index is 2.22. The van der Waals surface area contributed by atoms with Crippen LogP contribution in [-0.2, 0) is 23.7 Å². The van der Waals surface area contributed by atoms with Gasteiger partial charge in [0.1, 0.15) is 30.5 Å². The SMILES string of the molecule is CC/C=C\C/C=C\C/C=C\CCCCCCCCCC(=O)OC(COCCCCCCCCCCCCCCCCCCCCC)COC1OC(CO)C(O)C(O)C1O. The maximum atomic E-state index is 12.8. The highest BCUT2D eigenvalue weighted by Crippen LogP contribution is 2.23. The Bertz CT molecular complexity index is 999. The highest BCUT2D eigenvalue weighted by molar-refractivity contribution is 5.69. The van der Waals surface area contributed by atoms with Crippen LogP contribution in [0.1, 0.15) is 213 Å². The lowest BCUT2D eigenvalue weighted by Gasteiger charge is -2.39. The zero-order valence-corrected chi connectivity index (χ0v) is 38.0. The Hall–Kier alpha value is -1.59. The second kappa shape index (κ2) is 41.7. The van der Waals surface area contributed by atoms with Gasteiger partial charge in [0.15, 0.2) is 6.29 Å². The highest BCUT2D eigenvalue weighted by Gasteiger charge is 2.44. The maximum Gasteiger partial charge on any atom is 0.306 e. The summed E-state index contributed by atoms with van der Waals surface area (Å²) >= 11 is 0. The summed E-state index contributed by atoms with van der Waals surface area (Å²) in [7, 11) is 0. The van der Waals surface area contributed by atoms with Gasteiger partial charge in [-0.1, -0.05) is 198 Å². The molecule has 0 aliphatic carbocycles. The monoisotopic (exact) mass is 837 g/mol. The molecule has 59 heavy (non-hydrogen) atoms. The van der Waals surface area contributed by atoms with E-state index >= 15 is 0 Å². The average Bonchev–Trinajstić information content (AvgIpc) is 3.24. The van der Waals surface area contributed by atoms with Crippen molar-refractivity contribution in [1.29, 1.82) is 0 Å². The largest absolute Gasteiger partial charge is 0.457 e. The predicted octanol–water partition coefficient (Wildman–Crippen LogP) is 11.5. The van der Waals surface area contributed by atoms with Crippen molar-refractivity contribution in [1.82, 2.24) is 0 Å². The lowest BCUT2D eigenvalue weighted by molar-refractivity contribution is -0.305. The van der Waals surface area contributed by atoms with Crippen molar-refractivity contribution < 1.29 is 44.2 Å². The standard InChI is InChI=1S/C50H92O9/c1-3-5-7-9-11-13-15-17-19-21-22-24-26-28-30-32-34-36-38-40-56-42-44(43-57-50-49(55)48(54)47(53)45(41-51)59-50)58-46(52)39-37-35-33-31-29-27-25-23-20-18-16-14-12-10-8-6-4-2/h6,8,12,14,18,20,44-45,47-51,53-55H,3-5,7,9-11,13,15-17,19,21-43H2,1-2H3/b8-6-,14-12-,20-18-. The predicted molar refractivity (Wildman–Crippen MR) is 242 cm³/mol. The van der Waals surface area contributed by atoms with Gasteiger partial charge in [-0.05, 0) is 44.9 Å². The molecule has 9 heteroatoms. The first kappa shape index (κ1) is 55.4. The van der Waals surface area contributed by atoms with E-state index in [4.69, 9.17) is 18.9 Å². The normalized spacial score (nSPS) is 20.4. The van der Waals surface area contributed by atoms with E-state index in [-0.39, 0.29) is 19.2 Å². The number of aliphatic hydroxyl groups is 4. The first-order chi connectivity index (χ1) is 28.9. The van der Waals surface area contributed by atoms with Crippen molar-refractivity contribution in [3.8, 4) is 0 Å². The summed E-state index contributed by atoms with van der Waals surface area (Å²) in [6, 6.07) is 0. The number of aliphatic hydroxyl groups excluding tert-OH is 4. The minimum absolute atomic E-state index is 0.115. The number of esters is 1. The number of carbonyl (C=O) groups is 1. The Morgan fingerprint density at radius 1 is 0.559 bits per heavy atom. The van der Waals surface area contributed by atoms with Gasteiger partial charge in [0.2, 0.25) is 0 Å². The van der Waals surface area contributed by atoms with Crippen molar-refractivity contribution in [2.75, 3.05) is 26.4 Å². The van der Waals surface area contributed by atoms with Crippen LogP contribution in [0.15, 0.2) is 36.5 Å². The summed E-state index contributed by atoms with van der Waals surface area (Å²) in [4.78, 5) is 12.8. The molecule has 0 saturated carbocycles. The van der Waals surface area contributed by atoms with E-state index in [1.54, 1.807) is 0 Å². The lowest BCUT2D eigenvalue weighted by atomic mass is 9.99. The number of carbonyl (C=O) groups excluding carboxylic acids is 1. The lowest BCUT2D eigenvalue weighted by Crippen LogP contribution is -2.59. The third-order valence-electron chi connectivity index (χ3n) is 11.3. The van der Waals surface area contributed by atoms with Crippen molar-refractivity contribution in [2.45, 2.75) is 250 Å². The van der Waals surface area contributed by atoms with Gasteiger partial charge in [-0.2, -0.15) is 0 Å². The second-order valence-electron chi connectivity index (χ2n) is 16.9. The molecule has 0 radical (unpaired) electrons. The van der Waals surface area contributed by atoms with Gasteiger partial charge in [-0.25, -0.2) is 0 Å². The van der Waals surface area contributed by atoms with Gasteiger partial charge < -0.3 is 39.4 Å². The fraction of sp³-hybridized carbons (Fsp3) is 0.860. The number of hydrogen-bond donors (Lipinski definition) is 4. The summed E-state index contributed by atoms with van der Waals surface area (Å²) in [6.45, 7) is 4.47. The van der Waals surface area contributed by atoms with E-state index in [1.165, 1.54) is 128 Å². The molecule has 0 aromatic rings. The molecule has 1 rings (SSSR count). The molecule has 0 aromatic carbocycles. The highest BCUT2D eigenvalue weighted by atomic mass is 16.7. The Morgan fingerprint density at radius 2 is 1.03 bits per heavy atom. The van der Waals surface area contributed by atoms with Gasteiger partial charge in [0.25, 0.3) is 0 Å². The third-order valence-corrected chi connectivity index (χ3v) is 11.3. The Morgan fingerprint density at radius 3 is 1.56 bits per heavy atom. The summed E-state index contributed by atoms with van der Waals surface area (Å²) in [6.07, 6.45) is 43.2. The molecular weight excluding hydrogens is 745 g/mol. The molecule has 0 bridgehead atoms. The third kappa shape index (κ3) is 32.7. The summed E-state index contributed by atoms with van der Waals surface area (Å²) < 4.78 is 22.9. The first-order valence-electron chi connectivity index (χ1n) is 24.6. The molecule has 1 heterocycles. The van der Waals surface area contributed by atoms with Crippen LogP contribution < -0.4 is 0 Å². The molecule has 6 unspecified atom stereocenters. The fourth-order valence-corrected chi connectivity index (χ4v) is 7.51. The first-order valence-corrected chi connectivity index (χ1v) is 24.6. The molecule has 4 N–H and O–H groups in total. The van der Waals surface area contributed by atoms with Crippen LogP contribution in [0.5, 0.6) is 0 Å². The van der Waals surface area contributed by atoms with Crippen LogP contribution in [-0.4, -0.2) is 89.6 Å². The van der Waals surface area contributed by atoms with Gasteiger partial charge in [0.05, 0.1) is 19.8 Å². The maximum absolute atomic E-state index is 12.8. The van der Waals surface area contributed by atoms with Crippen LogP contribution in [0.4, 0.5) is 0 Å². The molecule has 9 nitrogen and oxygen atoms in total. The second-order valence-corrected chi connectivity index (χ2v) is 16.9. The van der Waals surface area contributed by atoms with Crippen LogP contribution in [0.2, 0.25) is 0 Å². The zero-order chi connectivity index (χ0) is 42.9. The number of unbranched alkanes of at least 4 members (excludes halogenated alkanes) is 25. The topological polar surface area (TPSA) is 135 Å². The van der Waals surface area contributed by atoms with Crippen molar-refractivity contribution >= 4 is 5.97 Å². The van der Waals surface area contributed by atoms with Crippen LogP contribution in [0.3, 0.4) is 0 Å². The van der Waals surface area contributed by atoms with Crippen LogP contribution in [0, 0.1) is 0 Å². The average molecular weight is 837 g/mol. The summed E-state index contributed by atoms with van der Waals surface area (Å²) in [5, 5.41) is 40.2. The fourth-order valence-electron chi connectivity index (χ4n) is 7.51. The van der Waals surface area contributed by atoms with Crippen molar-refractivity contribution in [3.05, 3.63) is 36.5 Å². The smallest absolute Gasteiger partial charge is 0.306 e. The molecule has 346 valence electrons. The van der Waals surface area contributed by atoms with Crippen LogP contribution >= 0.6 is 0 Å². The Labute approximate surface area is 361 Å². The Kier molecular flexibility index (Phi) is 39.2. The quantitative estimate of drug-likeness (QED) is 0.0269. The van der Waals surface area contributed by atoms with E-state index in [0.717, 1.165) is 64.2 Å². The zero-order valence-electron chi connectivity index (χ0n) is 38.0. The van der Waals surface area contributed by atoms with Gasteiger partial charge in [-0.15, -0.1) is 0 Å². The number of ether oxygens (including phenoxy) is 4. The number of allylic oxidation sites excluding steroid dienone is 6. The number of hydrogen-bond acceptors (Lipinski definition) is 9. The van der Waals surface area contributed by atoms with E-state index in [9.17, 15) is 25.2 Å². The molecule has 0 aromatic heterocycles. The van der Waals surface area contributed by atoms with Crippen LogP contribution in [0.25, 0.3) is 0 Å². The molecule has 0 spiro atoms. The van der Waals surface area contributed by atoms with Crippen molar-refractivity contribution in [2.24, 2.45) is 0 Å². The van der Waals surface area contributed by atoms with Crippen molar-refractivity contribution in [3.63, 3.8) is 0 Å². The van der Waals surface area contributed by atoms with E-state index < -0.39 is 43.4 Å². The van der Waals surface area contributed by atoms with Gasteiger partial charge in [0, 0.05) is 13.0 Å².